The van der Waals surface area contributed by atoms with Gasteiger partial charge in [-0.15, -0.1) is 0 Å². The Morgan fingerprint density at radius 3 is 2.78 bits per heavy atom. The number of benzene rings is 2. The highest BCUT2D eigenvalue weighted by Gasteiger charge is 2.33. The molecule has 0 saturated carbocycles. The monoisotopic (exact) mass is 457 g/mol. The minimum Gasteiger partial charge on any atom is -0.492 e. The lowest BCUT2D eigenvalue weighted by Gasteiger charge is -2.30. The van der Waals surface area contributed by atoms with Crippen LogP contribution in [0.1, 0.15) is 5.56 Å². The normalized spacial score (nSPS) is 19.4. The van der Waals surface area contributed by atoms with Crippen LogP contribution in [-0.4, -0.2) is 64.7 Å². The molecule has 4 rings (SSSR count). The summed E-state index contributed by atoms with van der Waals surface area (Å²) in [4.78, 5) is 6.22. The Morgan fingerprint density at radius 2 is 1.97 bits per heavy atom. The first-order valence-corrected chi connectivity index (χ1v) is 11.0. The van der Waals surface area contributed by atoms with Crippen molar-refractivity contribution in [3.05, 3.63) is 77.8 Å². The van der Waals surface area contributed by atoms with Gasteiger partial charge in [0.15, 0.2) is 0 Å². The lowest BCUT2D eigenvalue weighted by atomic mass is 10.1. The number of rotatable bonds is 9. The summed E-state index contributed by atoms with van der Waals surface area (Å²) in [6.07, 6.45) is 5.45. The lowest BCUT2D eigenvalue weighted by Crippen LogP contribution is -2.48. The van der Waals surface area contributed by atoms with Gasteiger partial charge < -0.3 is 23.9 Å². The van der Waals surface area contributed by atoms with Crippen LogP contribution >= 0.6 is 11.6 Å². The molecule has 1 N–H and O–H groups in total. The molecule has 0 spiro atoms. The SMILES string of the molecule is O[C@]1(COc2cccc(Cl)c2)COCCN(Cc2cccc(OCCn3ccnc3)c2)C1. The van der Waals surface area contributed by atoms with Crippen LogP contribution in [0.25, 0.3) is 0 Å². The van der Waals surface area contributed by atoms with E-state index in [1.54, 1.807) is 24.7 Å². The van der Waals surface area contributed by atoms with Crippen LogP contribution in [0.5, 0.6) is 11.5 Å². The van der Waals surface area contributed by atoms with Crippen molar-refractivity contribution in [3.63, 3.8) is 0 Å². The van der Waals surface area contributed by atoms with Gasteiger partial charge in [0.2, 0.25) is 0 Å². The zero-order valence-electron chi connectivity index (χ0n) is 17.9. The molecule has 1 fully saturated rings. The molecular weight excluding hydrogens is 430 g/mol. The van der Waals surface area contributed by atoms with Crippen molar-refractivity contribution in [3.8, 4) is 11.5 Å². The minimum absolute atomic E-state index is 0.126. The van der Waals surface area contributed by atoms with Gasteiger partial charge in [0.1, 0.15) is 30.3 Å². The first kappa shape index (κ1) is 22.6. The van der Waals surface area contributed by atoms with Crippen LogP contribution < -0.4 is 9.47 Å². The average molecular weight is 458 g/mol. The van der Waals surface area contributed by atoms with Crippen LogP contribution in [-0.2, 0) is 17.8 Å². The molecule has 170 valence electrons. The molecule has 1 aliphatic rings. The Labute approximate surface area is 193 Å². The Morgan fingerprint density at radius 1 is 1.12 bits per heavy atom. The minimum atomic E-state index is -1.11. The maximum Gasteiger partial charge on any atom is 0.134 e. The molecule has 8 heteroatoms. The van der Waals surface area contributed by atoms with Crippen molar-refractivity contribution >= 4 is 11.6 Å². The molecule has 32 heavy (non-hydrogen) atoms. The summed E-state index contributed by atoms with van der Waals surface area (Å²) in [5.41, 5.74) is 0.00250. The van der Waals surface area contributed by atoms with E-state index in [1.165, 1.54) is 0 Å². The summed E-state index contributed by atoms with van der Waals surface area (Å²) < 4.78 is 19.4. The number of imidazole rings is 1. The van der Waals surface area contributed by atoms with E-state index in [-0.39, 0.29) is 13.2 Å². The number of aromatic nitrogens is 2. The third kappa shape index (κ3) is 6.71. The quantitative estimate of drug-likeness (QED) is 0.532. The van der Waals surface area contributed by atoms with Crippen molar-refractivity contribution < 1.29 is 19.3 Å². The third-order valence-corrected chi connectivity index (χ3v) is 5.46. The van der Waals surface area contributed by atoms with Crippen LogP contribution in [0, 0.1) is 0 Å². The van der Waals surface area contributed by atoms with Crippen LogP contribution in [0.3, 0.4) is 0 Å². The summed E-state index contributed by atoms with van der Waals surface area (Å²) in [5.74, 6) is 1.45. The number of nitrogens with zero attached hydrogens (tertiary/aromatic N) is 3. The predicted octanol–water partition coefficient (Wildman–Crippen LogP) is 3.26. The van der Waals surface area contributed by atoms with E-state index in [0.717, 1.165) is 24.4 Å². The topological polar surface area (TPSA) is 69.0 Å². The number of aliphatic hydroxyl groups is 1. The molecule has 2 aromatic carbocycles. The van der Waals surface area contributed by atoms with Crippen molar-refractivity contribution in [1.29, 1.82) is 0 Å². The van der Waals surface area contributed by atoms with E-state index < -0.39 is 5.60 Å². The molecule has 0 unspecified atom stereocenters. The van der Waals surface area contributed by atoms with Crippen molar-refractivity contribution in [2.45, 2.75) is 18.7 Å². The summed E-state index contributed by atoms with van der Waals surface area (Å²) in [6.45, 7) is 4.07. The second kappa shape index (κ2) is 10.8. The fourth-order valence-electron chi connectivity index (χ4n) is 3.67. The first-order chi connectivity index (χ1) is 15.6. The van der Waals surface area contributed by atoms with E-state index in [9.17, 15) is 5.11 Å². The van der Waals surface area contributed by atoms with Gasteiger partial charge in [-0.1, -0.05) is 29.8 Å². The second-order valence-electron chi connectivity index (χ2n) is 8.03. The molecule has 0 aliphatic carbocycles. The van der Waals surface area contributed by atoms with Crippen molar-refractivity contribution in [1.82, 2.24) is 14.5 Å². The summed E-state index contributed by atoms with van der Waals surface area (Å²) in [6, 6.07) is 15.2. The molecular formula is C24H28ClN3O4. The van der Waals surface area contributed by atoms with E-state index in [2.05, 4.69) is 16.0 Å². The molecule has 1 saturated heterocycles. The molecule has 2 heterocycles. The maximum absolute atomic E-state index is 11.1. The van der Waals surface area contributed by atoms with Gasteiger partial charge in [0.05, 0.1) is 26.1 Å². The van der Waals surface area contributed by atoms with Gasteiger partial charge in [-0.05, 0) is 35.9 Å². The number of hydrogen-bond donors (Lipinski definition) is 1. The van der Waals surface area contributed by atoms with Gasteiger partial charge in [-0.3, -0.25) is 4.90 Å². The van der Waals surface area contributed by atoms with Gasteiger partial charge in [-0.2, -0.15) is 0 Å². The maximum atomic E-state index is 11.1. The molecule has 0 bridgehead atoms. The number of ether oxygens (including phenoxy) is 3. The Bertz CT molecular complexity index is 985. The highest BCUT2D eigenvalue weighted by molar-refractivity contribution is 6.30. The van der Waals surface area contributed by atoms with Gasteiger partial charge in [0.25, 0.3) is 0 Å². The second-order valence-corrected chi connectivity index (χ2v) is 8.47. The third-order valence-electron chi connectivity index (χ3n) is 5.23. The number of halogens is 1. The molecule has 1 aromatic heterocycles. The van der Waals surface area contributed by atoms with Crippen LogP contribution in [0.4, 0.5) is 0 Å². The molecule has 7 nitrogen and oxygen atoms in total. The van der Waals surface area contributed by atoms with Crippen LogP contribution in [0.15, 0.2) is 67.3 Å². The van der Waals surface area contributed by atoms with Gasteiger partial charge in [0, 0.05) is 37.1 Å². The molecule has 1 atom stereocenters. The van der Waals surface area contributed by atoms with E-state index in [4.69, 9.17) is 25.8 Å². The first-order valence-electron chi connectivity index (χ1n) is 10.7. The zero-order valence-corrected chi connectivity index (χ0v) is 18.7. The van der Waals surface area contributed by atoms with Gasteiger partial charge in [-0.25, -0.2) is 4.98 Å². The molecule has 3 aromatic rings. The summed E-state index contributed by atoms with van der Waals surface area (Å²) in [5, 5.41) is 11.7. The zero-order chi connectivity index (χ0) is 22.2. The highest BCUT2D eigenvalue weighted by Crippen LogP contribution is 2.22. The Balaban J connectivity index is 1.32. The predicted molar refractivity (Wildman–Crippen MR) is 122 cm³/mol. The highest BCUT2D eigenvalue weighted by atomic mass is 35.5. The van der Waals surface area contributed by atoms with Crippen molar-refractivity contribution in [2.24, 2.45) is 0 Å². The largest absolute Gasteiger partial charge is 0.492 e. The standard InChI is InChI=1S/C24H28ClN3O4/c25-21-4-2-6-23(14-21)32-18-24(29)16-28(9-11-30-17-24)15-20-3-1-5-22(13-20)31-12-10-27-8-7-26-19-27/h1-8,13-14,19,29H,9-12,15-18H2/t24-/m0/s1. The fraction of sp³-hybridized carbons (Fsp3) is 0.375. The lowest BCUT2D eigenvalue weighted by molar-refractivity contribution is -0.0646. The van der Waals surface area contributed by atoms with Gasteiger partial charge >= 0.3 is 0 Å². The summed E-state index contributed by atoms with van der Waals surface area (Å²) >= 11 is 6.02. The van der Waals surface area contributed by atoms with Crippen LogP contribution in [0.2, 0.25) is 5.02 Å². The smallest absolute Gasteiger partial charge is 0.134 e. The average Bonchev–Trinajstić information content (AvgIpc) is 3.22. The molecule has 0 radical (unpaired) electrons. The molecule has 0 amide bonds. The fourth-order valence-corrected chi connectivity index (χ4v) is 3.85. The van der Waals surface area contributed by atoms with Crippen molar-refractivity contribution in [2.75, 3.05) is 39.5 Å². The number of β-amino-alcohol motifs (C(OH)–C–C–N with tert-alkyl or cyclic N) is 1. The Kier molecular flexibility index (Phi) is 7.65. The summed E-state index contributed by atoms with van der Waals surface area (Å²) in [7, 11) is 0. The Hall–Kier alpha value is -2.58. The number of hydrogen-bond acceptors (Lipinski definition) is 6. The van der Waals surface area contributed by atoms with E-state index in [1.807, 2.05) is 41.1 Å². The molecule has 1 aliphatic heterocycles. The van der Waals surface area contributed by atoms with E-state index >= 15 is 0 Å². The van der Waals surface area contributed by atoms with E-state index in [0.29, 0.717) is 37.1 Å².